The topological polar surface area (TPSA) is 78.1 Å². The highest BCUT2D eigenvalue weighted by molar-refractivity contribution is 7.98. The molecule has 0 aromatic carbocycles. The van der Waals surface area contributed by atoms with Crippen LogP contribution in [0, 0.1) is 40.4 Å². The lowest BCUT2D eigenvalue weighted by molar-refractivity contribution is -0.124. The predicted octanol–water partition coefficient (Wildman–Crippen LogP) is 11.7. The van der Waals surface area contributed by atoms with Crippen LogP contribution in [0.15, 0.2) is 73.5 Å². The number of nitrogens with one attached hydrogen (secondary N) is 4. The fraction of sp³-hybridized carbons (Fsp3) is 0.702. The molecule has 1 aromatic rings. The van der Waals surface area contributed by atoms with Gasteiger partial charge in [-0.2, -0.15) is 11.8 Å². The van der Waals surface area contributed by atoms with Gasteiger partial charge >= 0.3 is 0 Å². The van der Waals surface area contributed by atoms with Crippen LogP contribution in [-0.2, 0) is 11.3 Å². The molecule has 1 amide bonds. The molecule has 54 heavy (non-hydrogen) atoms. The molecule has 0 saturated carbocycles. The smallest absolute Gasteiger partial charge is 0.243 e. The molecule has 6 atom stereocenters. The normalized spacial score (nSPS) is 15.1. The highest BCUT2D eigenvalue weighted by Crippen LogP contribution is 2.29. The summed E-state index contributed by atoms with van der Waals surface area (Å²) < 4.78 is 0. The highest BCUT2D eigenvalue weighted by atomic mass is 32.2. The summed E-state index contributed by atoms with van der Waals surface area (Å²) in [4.78, 5) is 17.6. The van der Waals surface area contributed by atoms with E-state index >= 15 is 0 Å². The zero-order valence-corrected chi connectivity index (χ0v) is 38.5. The van der Waals surface area contributed by atoms with Crippen LogP contribution < -0.4 is 21.3 Å². The zero-order chi connectivity index (χ0) is 41.8. The first-order chi connectivity index (χ1) is 24.9. The molecule has 0 aliphatic carbocycles. The fourth-order valence-electron chi connectivity index (χ4n) is 6.20. The van der Waals surface area contributed by atoms with Gasteiger partial charge in [-0.1, -0.05) is 128 Å². The Morgan fingerprint density at radius 1 is 0.852 bits per heavy atom. The third-order valence-electron chi connectivity index (χ3n) is 10.2. The number of carbonyl (C=O) groups is 1. The van der Waals surface area contributed by atoms with Crippen molar-refractivity contribution in [3.63, 3.8) is 0 Å². The van der Waals surface area contributed by atoms with Crippen molar-refractivity contribution in [1.82, 2.24) is 26.3 Å². The largest absolute Gasteiger partial charge is 0.384 e. The molecule has 1 rings (SSSR count). The number of rotatable bonds is 24. The molecule has 6 nitrogen and oxygen atoms in total. The summed E-state index contributed by atoms with van der Waals surface area (Å²) in [5.41, 5.74) is 5.74. The molecule has 0 saturated heterocycles. The number of thioether (sulfide) groups is 1. The predicted molar refractivity (Wildman–Crippen MR) is 241 cm³/mol. The van der Waals surface area contributed by atoms with E-state index in [9.17, 15) is 4.79 Å². The summed E-state index contributed by atoms with van der Waals surface area (Å²) in [6, 6.07) is 3.92. The molecular weight excluding hydrogens is 683 g/mol. The van der Waals surface area contributed by atoms with Crippen LogP contribution in [0.1, 0.15) is 141 Å². The van der Waals surface area contributed by atoms with Gasteiger partial charge in [0.05, 0.1) is 6.04 Å². The molecule has 0 aliphatic rings. The second-order valence-electron chi connectivity index (χ2n) is 19.0. The van der Waals surface area contributed by atoms with Gasteiger partial charge in [0.25, 0.3) is 0 Å². The quantitative estimate of drug-likeness (QED) is 0.0785. The van der Waals surface area contributed by atoms with E-state index in [1.165, 1.54) is 17.6 Å². The van der Waals surface area contributed by atoms with Crippen LogP contribution in [0.3, 0.4) is 0 Å². The van der Waals surface area contributed by atoms with Crippen LogP contribution in [0.4, 0.5) is 0 Å². The van der Waals surface area contributed by atoms with Crippen molar-refractivity contribution < 1.29 is 4.79 Å². The van der Waals surface area contributed by atoms with Crippen LogP contribution in [0.25, 0.3) is 0 Å². The second kappa shape index (κ2) is 25.5. The lowest BCUT2D eigenvalue weighted by Crippen LogP contribution is -2.52. The van der Waals surface area contributed by atoms with Gasteiger partial charge < -0.3 is 21.3 Å². The average Bonchev–Trinajstić information content (AvgIpc) is 3.05. The third kappa shape index (κ3) is 23.3. The van der Waals surface area contributed by atoms with E-state index < -0.39 is 0 Å². The van der Waals surface area contributed by atoms with Crippen molar-refractivity contribution in [2.75, 3.05) is 12.0 Å². The molecule has 0 spiro atoms. The first kappa shape index (κ1) is 51.3. The van der Waals surface area contributed by atoms with Crippen molar-refractivity contribution in [3.8, 4) is 0 Å². The van der Waals surface area contributed by atoms with E-state index in [1.807, 2.05) is 12.3 Å². The third-order valence-corrected chi connectivity index (χ3v) is 10.9. The van der Waals surface area contributed by atoms with E-state index in [0.717, 1.165) is 61.5 Å². The molecule has 0 bridgehead atoms. The summed E-state index contributed by atoms with van der Waals surface area (Å²) in [6.45, 7) is 48.7. The SMILES string of the molecule is C=C(CC(C)(C)C)N[C@H](C(=O)NC(CCSC)C(=C)N[C@@H](CCC(C)C)CC(C)CC(C)C(=C)C)C(C)C.C=C(NCc1cccnc1)[C@@H](C)C(C)(C)C. The minimum atomic E-state index is -0.324. The van der Waals surface area contributed by atoms with E-state index in [1.54, 1.807) is 18.0 Å². The first-order valence-corrected chi connectivity index (χ1v) is 21.9. The molecule has 3 unspecified atom stereocenters. The monoisotopic (exact) mass is 768 g/mol. The highest BCUT2D eigenvalue weighted by Gasteiger charge is 2.28. The zero-order valence-electron chi connectivity index (χ0n) is 37.7. The maximum absolute atomic E-state index is 13.5. The number of carbonyl (C=O) groups excluding carboxylic acids is 1. The van der Waals surface area contributed by atoms with Crippen molar-refractivity contribution in [3.05, 3.63) is 79.1 Å². The molecule has 1 aromatic heterocycles. The minimum absolute atomic E-state index is 0.0199. The van der Waals surface area contributed by atoms with Crippen molar-refractivity contribution in [2.24, 2.45) is 40.4 Å². The standard InChI is InChI=1S/C33H63N3OS.C14H22N2/c1-22(2)15-16-29(20-25(7)19-26(8)23(3)4)35-28(10)30(17-18-38-14)36-32(37)31(24(5)6)34-27(9)21-33(11,12)13;1-11(14(3,4)5)12(2)16-10-13-7-6-8-15-9-13/h22,24-26,29-31,34-35H,3,9-10,15-21H2,1-2,4-8,11-14H3,(H,36,37);6-9,11,16H,2,10H2,1,3-5H3/t25?,26?,29-,30?,31-;11-/m01/s1. The van der Waals surface area contributed by atoms with E-state index in [0.29, 0.717) is 29.7 Å². The van der Waals surface area contributed by atoms with Gasteiger partial charge in [-0.15, -0.1) is 0 Å². The molecule has 0 aliphatic heterocycles. The molecule has 1 heterocycles. The number of hydrogen-bond donors (Lipinski definition) is 4. The Morgan fingerprint density at radius 3 is 1.96 bits per heavy atom. The van der Waals surface area contributed by atoms with Crippen molar-refractivity contribution in [1.29, 1.82) is 0 Å². The Kier molecular flexibility index (Phi) is 24.2. The van der Waals surface area contributed by atoms with E-state index in [-0.39, 0.29) is 34.7 Å². The molecule has 310 valence electrons. The van der Waals surface area contributed by atoms with E-state index in [4.69, 9.17) is 0 Å². The maximum atomic E-state index is 13.5. The summed E-state index contributed by atoms with van der Waals surface area (Å²) in [7, 11) is 0. The Balaban J connectivity index is 0.00000145. The molecule has 7 heteroatoms. The fourth-order valence-corrected chi connectivity index (χ4v) is 6.68. The number of amides is 1. The average molecular weight is 768 g/mol. The van der Waals surface area contributed by atoms with Crippen LogP contribution in [0.2, 0.25) is 0 Å². The number of hydrogen-bond acceptors (Lipinski definition) is 6. The summed E-state index contributed by atoms with van der Waals surface area (Å²) >= 11 is 1.80. The van der Waals surface area contributed by atoms with Gasteiger partial charge in [-0.05, 0) is 104 Å². The number of pyridine rings is 1. The maximum Gasteiger partial charge on any atom is 0.243 e. The van der Waals surface area contributed by atoms with Gasteiger partial charge in [-0.3, -0.25) is 9.78 Å². The first-order valence-electron chi connectivity index (χ1n) is 20.5. The van der Waals surface area contributed by atoms with Gasteiger partial charge in [0.1, 0.15) is 6.04 Å². The minimum Gasteiger partial charge on any atom is -0.384 e. The lowest BCUT2D eigenvalue weighted by atomic mass is 9.80. The summed E-state index contributed by atoms with van der Waals surface area (Å²) in [5.74, 6) is 3.34. The number of aromatic nitrogens is 1. The molecular formula is C47H85N5OS. The van der Waals surface area contributed by atoms with Gasteiger partial charge in [0.15, 0.2) is 0 Å². The molecule has 0 radical (unpaired) electrons. The number of nitrogens with zero attached hydrogens (tertiary/aromatic N) is 1. The Morgan fingerprint density at radius 2 is 1.48 bits per heavy atom. The second-order valence-corrected chi connectivity index (χ2v) is 20.0. The van der Waals surface area contributed by atoms with Gasteiger partial charge in [0, 0.05) is 48.0 Å². The molecule has 4 N–H and O–H groups in total. The lowest BCUT2D eigenvalue weighted by Gasteiger charge is -2.32. The van der Waals surface area contributed by atoms with Crippen molar-refractivity contribution >= 4 is 17.7 Å². The van der Waals surface area contributed by atoms with Gasteiger partial charge in [-0.25, -0.2) is 0 Å². The Labute approximate surface area is 339 Å². The van der Waals surface area contributed by atoms with Crippen molar-refractivity contribution in [2.45, 2.75) is 160 Å². The Hall–Kier alpha value is -2.67. The Bertz CT molecular complexity index is 1260. The summed E-state index contributed by atoms with van der Waals surface area (Å²) in [5, 5.41) is 13.9. The molecule has 0 fully saturated rings. The van der Waals surface area contributed by atoms with Crippen LogP contribution in [0.5, 0.6) is 0 Å². The van der Waals surface area contributed by atoms with Crippen LogP contribution in [-0.4, -0.2) is 41.0 Å². The summed E-state index contributed by atoms with van der Waals surface area (Å²) in [6.07, 6.45) is 12.0. The van der Waals surface area contributed by atoms with Crippen LogP contribution >= 0.6 is 11.8 Å². The van der Waals surface area contributed by atoms with Gasteiger partial charge in [0.2, 0.25) is 5.91 Å². The van der Waals surface area contributed by atoms with E-state index in [2.05, 4.69) is 162 Å². The number of allylic oxidation sites excluding steroid dienone is 3.